The number of nitrogens with one attached hydrogen (secondary N) is 1. The first-order valence-corrected chi connectivity index (χ1v) is 8.51. The van der Waals surface area contributed by atoms with Crippen LogP contribution in [-0.4, -0.2) is 43.5 Å². The predicted octanol–water partition coefficient (Wildman–Crippen LogP) is 1.86. The Morgan fingerprint density at radius 3 is 2.83 bits per heavy atom. The first-order valence-electron chi connectivity index (χ1n) is 8.51. The Balaban J connectivity index is 1.96. The fourth-order valence-corrected chi connectivity index (χ4v) is 3.30. The van der Waals surface area contributed by atoms with Gasteiger partial charge in [0.05, 0.1) is 13.7 Å². The lowest BCUT2D eigenvalue weighted by Crippen LogP contribution is -2.43. The van der Waals surface area contributed by atoms with Gasteiger partial charge in [-0.1, -0.05) is 12.5 Å². The molecule has 0 spiro atoms. The molecule has 0 aliphatic heterocycles. The summed E-state index contributed by atoms with van der Waals surface area (Å²) in [6, 6.07) is 7.16. The van der Waals surface area contributed by atoms with E-state index in [1.807, 2.05) is 19.1 Å². The van der Waals surface area contributed by atoms with E-state index >= 15 is 0 Å². The van der Waals surface area contributed by atoms with Crippen molar-refractivity contribution in [3.63, 3.8) is 0 Å². The van der Waals surface area contributed by atoms with Crippen LogP contribution in [0, 0.1) is 11.8 Å². The molecule has 24 heavy (non-hydrogen) atoms. The number of carbonyl (C=O) groups excluding carboxylic acids is 2. The van der Waals surface area contributed by atoms with Gasteiger partial charge in [-0.25, -0.2) is 0 Å². The fraction of sp³-hybridized carbons (Fsp3) is 0.556. The van der Waals surface area contributed by atoms with Crippen LogP contribution in [0.1, 0.15) is 26.2 Å². The summed E-state index contributed by atoms with van der Waals surface area (Å²) >= 11 is 0. The fourth-order valence-electron chi connectivity index (χ4n) is 3.30. The van der Waals surface area contributed by atoms with E-state index in [9.17, 15) is 9.59 Å². The molecule has 3 N–H and O–H groups in total. The van der Waals surface area contributed by atoms with E-state index in [-0.39, 0.29) is 30.2 Å². The predicted molar refractivity (Wildman–Crippen MR) is 93.8 cm³/mol. The third-order valence-electron chi connectivity index (χ3n) is 4.66. The lowest BCUT2D eigenvalue weighted by molar-refractivity contribution is -0.139. The Bertz CT molecular complexity index is 576. The average Bonchev–Trinajstić information content (AvgIpc) is 3.07. The summed E-state index contributed by atoms with van der Waals surface area (Å²) in [7, 11) is 1.58. The third kappa shape index (κ3) is 4.47. The van der Waals surface area contributed by atoms with Crippen LogP contribution in [0.5, 0.6) is 5.75 Å². The lowest BCUT2D eigenvalue weighted by atomic mass is 9.94. The summed E-state index contributed by atoms with van der Waals surface area (Å²) in [4.78, 5) is 26.6. The highest BCUT2D eigenvalue weighted by Gasteiger charge is 2.34. The van der Waals surface area contributed by atoms with Crippen molar-refractivity contribution in [2.24, 2.45) is 17.6 Å². The van der Waals surface area contributed by atoms with E-state index in [0.717, 1.165) is 19.3 Å². The van der Waals surface area contributed by atoms with Gasteiger partial charge in [-0.2, -0.15) is 0 Å². The van der Waals surface area contributed by atoms with Crippen LogP contribution in [0.3, 0.4) is 0 Å². The zero-order chi connectivity index (χ0) is 17.5. The van der Waals surface area contributed by atoms with Crippen molar-refractivity contribution < 1.29 is 14.3 Å². The van der Waals surface area contributed by atoms with Crippen molar-refractivity contribution in [1.82, 2.24) is 4.90 Å². The van der Waals surface area contributed by atoms with Crippen LogP contribution in [0.2, 0.25) is 0 Å². The second kappa shape index (κ2) is 8.68. The van der Waals surface area contributed by atoms with E-state index in [2.05, 4.69) is 5.32 Å². The van der Waals surface area contributed by atoms with Gasteiger partial charge in [0.15, 0.2) is 0 Å². The minimum absolute atomic E-state index is 0.0421. The number of anilines is 1. The summed E-state index contributed by atoms with van der Waals surface area (Å²) in [6.45, 7) is 2.99. The van der Waals surface area contributed by atoms with Gasteiger partial charge in [0.25, 0.3) is 0 Å². The smallest absolute Gasteiger partial charge is 0.243 e. The van der Waals surface area contributed by atoms with Gasteiger partial charge in [0, 0.05) is 24.2 Å². The van der Waals surface area contributed by atoms with Crippen LogP contribution in [0.15, 0.2) is 24.3 Å². The highest BCUT2D eigenvalue weighted by molar-refractivity contribution is 5.95. The molecule has 2 rings (SSSR count). The lowest BCUT2D eigenvalue weighted by Gasteiger charge is -2.26. The van der Waals surface area contributed by atoms with Gasteiger partial charge < -0.3 is 20.7 Å². The number of likely N-dealkylation sites (N-methyl/N-ethyl adjacent to an activating group) is 1. The molecule has 132 valence electrons. The van der Waals surface area contributed by atoms with E-state index < -0.39 is 0 Å². The first kappa shape index (κ1) is 18.3. The largest absolute Gasteiger partial charge is 0.497 e. The molecule has 0 saturated heterocycles. The molecule has 1 fully saturated rings. The van der Waals surface area contributed by atoms with E-state index in [4.69, 9.17) is 10.5 Å². The quantitative estimate of drug-likeness (QED) is 0.797. The third-order valence-corrected chi connectivity index (χ3v) is 4.66. The zero-order valence-corrected chi connectivity index (χ0v) is 14.5. The monoisotopic (exact) mass is 333 g/mol. The van der Waals surface area contributed by atoms with Crippen molar-refractivity contribution in [3.8, 4) is 5.75 Å². The van der Waals surface area contributed by atoms with Gasteiger partial charge in [-0.3, -0.25) is 9.59 Å². The average molecular weight is 333 g/mol. The highest BCUT2D eigenvalue weighted by Crippen LogP contribution is 2.32. The number of methoxy groups -OCH3 is 1. The maximum atomic E-state index is 12.7. The summed E-state index contributed by atoms with van der Waals surface area (Å²) in [5.41, 5.74) is 6.43. The van der Waals surface area contributed by atoms with Gasteiger partial charge in [0.1, 0.15) is 5.75 Å². The van der Waals surface area contributed by atoms with Crippen LogP contribution < -0.4 is 15.8 Å². The molecule has 6 nitrogen and oxygen atoms in total. The van der Waals surface area contributed by atoms with Gasteiger partial charge in [-0.05, 0) is 44.4 Å². The van der Waals surface area contributed by atoms with Gasteiger partial charge >= 0.3 is 0 Å². The zero-order valence-electron chi connectivity index (χ0n) is 14.5. The molecule has 1 aromatic carbocycles. The molecule has 1 saturated carbocycles. The van der Waals surface area contributed by atoms with Crippen molar-refractivity contribution in [1.29, 1.82) is 0 Å². The molecule has 1 aliphatic rings. The molecule has 2 amide bonds. The summed E-state index contributed by atoms with van der Waals surface area (Å²) in [5.74, 6) is 0.715. The Kier molecular flexibility index (Phi) is 6.61. The maximum Gasteiger partial charge on any atom is 0.243 e. The molecule has 1 aromatic rings. The molecule has 0 aromatic heterocycles. The number of nitrogens with zero attached hydrogens (tertiary/aromatic N) is 1. The molecule has 0 radical (unpaired) electrons. The topological polar surface area (TPSA) is 84.7 Å². The van der Waals surface area contributed by atoms with Crippen LogP contribution in [0.4, 0.5) is 5.69 Å². The van der Waals surface area contributed by atoms with Crippen molar-refractivity contribution in [2.45, 2.75) is 26.2 Å². The number of carbonyl (C=O) groups is 2. The van der Waals surface area contributed by atoms with Crippen LogP contribution in [-0.2, 0) is 9.59 Å². The Morgan fingerprint density at radius 1 is 1.38 bits per heavy atom. The molecule has 2 atom stereocenters. The van der Waals surface area contributed by atoms with E-state index in [1.165, 1.54) is 0 Å². The van der Waals surface area contributed by atoms with Gasteiger partial charge in [-0.15, -0.1) is 0 Å². The van der Waals surface area contributed by atoms with Crippen LogP contribution >= 0.6 is 0 Å². The number of hydrogen-bond donors (Lipinski definition) is 2. The number of hydrogen-bond acceptors (Lipinski definition) is 4. The second-order valence-electron chi connectivity index (χ2n) is 6.17. The molecule has 6 heteroatoms. The van der Waals surface area contributed by atoms with Crippen LogP contribution in [0.25, 0.3) is 0 Å². The van der Waals surface area contributed by atoms with E-state index in [1.54, 1.807) is 24.1 Å². The van der Waals surface area contributed by atoms with Crippen molar-refractivity contribution >= 4 is 17.5 Å². The summed E-state index contributed by atoms with van der Waals surface area (Å²) < 4.78 is 5.14. The van der Waals surface area contributed by atoms with E-state index in [0.29, 0.717) is 24.5 Å². The van der Waals surface area contributed by atoms with Gasteiger partial charge in [0.2, 0.25) is 11.8 Å². The minimum atomic E-state index is -0.208. The molecular formula is C18H27N3O3. The Morgan fingerprint density at radius 2 is 2.17 bits per heavy atom. The summed E-state index contributed by atoms with van der Waals surface area (Å²) in [5, 5.41) is 2.81. The SMILES string of the molecule is CCN(CC(=O)Nc1cccc(OC)c1)C(=O)[C@@H]1CCC[C@@H]1CN. The molecule has 0 unspecified atom stereocenters. The minimum Gasteiger partial charge on any atom is -0.497 e. The maximum absolute atomic E-state index is 12.7. The number of nitrogens with two attached hydrogens (primary N) is 1. The Hall–Kier alpha value is -2.08. The first-order chi connectivity index (χ1) is 11.6. The Labute approximate surface area is 143 Å². The molecule has 1 aliphatic carbocycles. The summed E-state index contributed by atoms with van der Waals surface area (Å²) in [6.07, 6.45) is 2.90. The molecular weight excluding hydrogens is 306 g/mol. The number of benzene rings is 1. The standard InChI is InChI=1S/C18H27N3O3/c1-3-21(18(23)16-9-4-6-13(16)11-19)12-17(22)20-14-7-5-8-15(10-14)24-2/h5,7-8,10,13,16H,3-4,6,9,11-12,19H2,1-2H3,(H,20,22)/t13-,16-/m1/s1. The van der Waals surface area contributed by atoms with Crippen molar-refractivity contribution in [2.75, 3.05) is 32.1 Å². The van der Waals surface area contributed by atoms with Crippen molar-refractivity contribution in [3.05, 3.63) is 24.3 Å². The number of rotatable bonds is 7. The normalized spacial score (nSPS) is 19.8. The number of ether oxygens (including phenoxy) is 1. The molecule has 0 heterocycles. The molecule has 0 bridgehead atoms. The highest BCUT2D eigenvalue weighted by atomic mass is 16.5. The second-order valence-corrected chi connectivity index (χ2v) is 6.17. The number of amides is 2.